The van der Waals surface area contributed by atoms with Gasteiger partial charge in [0.2, 0.25) is 11.8 Å². The molecule has 0 unspecified atom stereocenters. The van der Waals surface area contributed by atoms with Crippen molar-refractivity contribution in [3.05, 3.63) is 0 Å². The summed E-state index contributed by atoms with van der Waals surface area (Å²) >= 11 is 0. The van der Waals surface area contributed by atoms with Crippen LogP contribution in [0.2, 0.25) is 18.1 Å². The summed E-state index contributed by atoms with van der Waals surface area (Å²) in [5.41, 5.74) is 5.36. The quantitative estimate of drug-likeness (QED) is 0.0199. The van der Waals surface area contributed by atoms with E-state index < -0.39 is 250 Å². The summed E-state index contributed by atoms with van der Waals surface area (Å²) in [6.45, 7) is 7.83. The number of aliphatic hydroxyl groups excluding tert-OH is 6. The Labute approximate surface area is 621 Å². The highest BCUT2D eigenvalue weighted by Crippen LogP contribution is 2.33. The van der Waals surface area contributed by atoms with Crippen molar-refractivity contribution in [1.82, 2.24) is 10.6 Å². The molecule has 628 valence electrons. The number of nitrogens with one attached hydrogen (secondary N) is 2. The molecule has 20 N–H and O–H groups in total. The molecule has 2 amide bonds. The first-order valence-corrected chi connectivity index (χ1v) is 40.3. The third-order valence-electron chi connectivity index (χ3n) is 15.4. The maximum absolute atomic E-state index is 12.5. The van der Waals surface area contributed by atoms with Gasteiger partial charge in [0, 0.05) is 52.6 Å². The smallest absolute Gasteiger partial charge is 0.480 e. The molecule has 0 bridgehead atoms. The van der Waals surface area contributed by atoms with Crippen LogP contribution in [0.4, 0.5) is 0 Å². The van der Waals surface area contributed by atoms with Gasteiger partial charge in [0.25, 0.3) is 0 Å². The third-order valence-corrected chi connectivity index (χ3v) is 20.3. The zero-order valence-electron chi connectivity index (χ0n) is 61.7. The molecule has 4 aliphatic heterocycles. The summed E-state index contributed by atoms with van der Waals surface area (Å²) in [7, 11) is -6.10. The molecule has 0 spiro atoms. The van der Waals surface area contributed by atoms with Crippen molar-refractivity contribution in [2.24, 2.45) is 5.73 Å². The zero-order valence-corrected chi connectivity index (χ0v) is 64.7. The Kier molecular flexibility index (Phi) is 46.7. The van der Waals surface area contributed by atoms with E-state index in [0.717, 1.165) is 12.5 Å². The van der Waals surface area contributed by atoms with E-state index in [4.69, 9.17) is 139 Å². The van der Waals surface area contributed by atoms with Crippen LogP contribution in [0.3, 0.4) is 0 Å². The molecule has 4 aliphatic rings. The minimum Gasteiger partial charge on any atom is -0.480 e. The number of rotatable bonds is 48. The second kappa shape index (κ2) is 50.3. The summed E-state index contributed by atoms with van der Waals surface area (Å²) < 4.78 is 105. The van der Waals surface area contributed by atoms with Gasteiger partial charge in [-0.25, -0.2) is 19.2 Å². The molecule has 0 aromatic carbocycles. The van der Waals surface area contributed by atoms with Crippen LogP contribution in [0.1, 0.15) is 74.7 Å². The fourth-order valence-electron chi connectivity index (χ4n) is 10.4. The SMILES string of the molecule is CC(C)OC[C@H]1O[C@H](OC[C@H]2O[C@H](OC(C)C)[C@H](O)[C@@H](OCC(=O)NCCC[Si](O)(O)O)[C@@H]2OCC(=O)O)[C@H](O)[C@@H](OCC(=O)NCCC[Si](O)(O)O)[C@@H]1O.CC(C)OC[C@H]1O[C@H](OC[C@H]2O[C@H](OC(C)C)[C@H](O)[C@@H](OCC(=O)O)[C@@H]2OCC(=O)O)[C@H](O)[C@@H](OCC(=O)O)[C@@H]1O.CO[Si](CCCN)(OC)OC. The molecule has 20 atom stereocenters. The summed E-state index contributed by atoms with van der Waals surface area (Å²) in [4.78, 5) is 125. The first-order chi connectivity index (χ1) is 50.0. The molecule has 47 heteroatoms. The largest absolute Gasteiger partial charge is 0.500 e. The first kappa shape index (κ1) is 99.3. The number of carbonyl (C=O) groups excluding carboxylic acids is 2. The fraction of sp³-hybridized carbons (Fsp3) is 0.900. The number of hydrogen-bond donors (Lipinski definition) is 19. The average molecular weight is 1620 g/mol. The van der Waals surface area contributed by atoms with Crippen LogP contribution < -0.4 is 16.4 Å². The lowest BCUT2D eigenvalue weighted by molar-refractivity contribution is -0.342. The molecule has 0 aromatic heterocycles. The van der Waals surface area contributed by atoms with Crippen LogP contribution in [0.5, 0.6) is 0 Å². The van der Waals surface area contributed by atoms with Crippen LogP contribution >= 0.6 is 0 Å². The van der Waals surface area contributed by atoms with Crippen LogP contribution in [0.15, 0.2) is 0 Å². The Morgan fingerprint density at radius 2 is 0.673 bits per heavy atom. The van der Waals surface area contributed by atoms with Crippen molar-refractivity contribution in [1.29, 1.82) is 0 Å². The number of carboxylic acids is 4. The molecular formula is C60H115N3O41Si3. The van der Waals surface area contributed by atoms with Crippen molar-refractivity contribution in [3.63, 3.8) is 0 Å². The van der Waals surface area contributed by atoms with Crippen molar-refractivity contribution in [2.45, 2.75) is 240 Å². The molecule has 0 saturated carbocycles. The lowest BCUT2D eigenvalue weighted by Gasteiger charge is -2.45. The van der Waals surface area contributed by atoms with E-state index >= 15 is 0 Å². The maximum atomic E-state index is 12.5. The summed E-state index contributed by atoms with van der Waals surface area (Å²) in [5.74, 6) is -6.88. The van der Waals surface area contributed by atoms with E-state index in [1.807, 2.05) is 0 Å². The standard InChI is InChI=1S/C30H58N2O21Si2.C24H40O17.C6H17NO3Si/c1-16(2)46-11-18-23(37)27(47-13-20(33)31-7-5-9-54(40,41)42)24(38)29(52-18)50-12-19-26(49-15-22(35)36)28(25(39)30(53-19)51-17(3)4)48-14-21(34)32-8-6-10-55(43,44)45;1-10(2)34-5-12-17(31)21(36-8-15(27)28)18(32)23(40-12)38-6-13-20(35-7-14(25)26)22(37-9-16(29)30)19(33)24(41-13)39-11(3)4;1-8-11(9-2,10-3)6-4-5-7/h16-19,23-30,37-45H,5-15H2,1-4H3,(H,31,33)(H,32,34)(H,35,36);10-13,17-24,31-33H,5-9H2,1-4H3,(H,25,26)(H,27,28)(H,29,30);4-7H2,1-3H3/t18-,19-,23-,24-,25-,26-,27+,28-,29+,30+;12-,13-,17-,18-,19-,20-,21+,22-,23+,24+;/m11./s1. The van der Waals surface area contributed by atoms with Gasteiger partial charge in [-0.1, -0.05) is 0 Å². The van der Waals surface area contributed by atoms with Crippen molar-refractivity contribution in [3.8, 4) is 0 Å². The van der Waals surface area contributed by atoms with E-state index in [9.17, 15) is 64.5 Å². The van der Waals surface area contributed by atoms with E-state index in [2.05, 4.69) is 10.6 Å². The molecule has 107 heavy (non-hydrogen) atoms. The van der Waals surface area contributed by atoms with Crippen molar-refractivity contribution < 1.29 is 198 Å². The lowest BCUT2D eigenvalue weighted by atomic mass is 9.97. The van der Waals surface area contributed by atoms with Gasteiger partial charge in [-0.3, -0.25) is 9.59 Å². The highest BCUT2D eigenvalue weighted by molar-refractivity contribution is 6.60. The normalized spacial score (nSPS) is 29.3. The van der Waals surface area contributed by atoms with Gasteiger partial charge in [-0.15, -0.1) is 0 Å². The molecule has 0 aromatic rings. The highest BCUT2D eigenvalue weighted by atomic mass is 28.4. The van der Waals surface area contributed by atoms with Crippen molar-refractivity contribution >= 4 is 62.1 Å². The number of amides is 2. The minimum absolute atomic E-state index is 0.0338. The molecular weight excluding hydrogens is 1500 g/mol. The first-order valence-electron chi connectivity index (χ1n) is 34.3. The Morgan fingerprint density at radius 3 is 0.972 bits per heavy atom. The number of nitrogens with two attached hydrogens (primary N) is 1. The Bertz CT molecular complexity index is 2520. The summed E-state index contributed by atoms with van der Waals surface area (Å²) in [6.07, 6.45) is -29.7. The van der Waals surface area contributed by atoms with Gasteiger partial charge < -0.3 is 185 Å². The topological polar surface area (TPSA) is 652 Å². The zero-order chi connectivity index (χ0) is 81.1. The number of carboxylic acid groups (broad SMARTS) is 4. The summed E-state index contributed by atoms with van der Waals surface area (Å²) in [5, 5.41) is 107. The molecule has 0 radical (unpaired) electrons. The molecule has 4 saturated heterocycles. The van der Waals surface area contributed by atoms with Gasteiger partial charge >= 0.3 is 50.3 Å². The van der Waals surface area contributed by atoms with Crippen LogP contribution in [-0.2, 0) is 118 Å². The molecule has 4 heterocycles. The third kappa shape index (κ3) is 38.1. The molecule has 44 nitrogen and oxygen atoms in total. The Hall–Kier alpha value is -3.81. The summed E-state index contributed by atoms with van der Waals surface area (Å²) in [6, 6.07) is 0.144. The second-order valence-electron chi connectivity index (χ2n) is 25.8. The minimum atomic E-state index is -4.31. The number of hydrogen-bond acceptors (Lipinski definition) is 38. The fourth-order valence-corrected chi connectivity index (χ4v) is 13.5. The van der Waals surface area contributed by atoms with E-state index in [-0.39, 0.29) is 63.4 Å². The molecule has 4 rings (SSSR count). The van der Waals surface area contributed by atoms with E-state index in [1.54, 1.807) is 76.7 Å². The lowest BCUT2D eigenvalue weighted by Crippen LogP contribution is -2.63. The van der Waals surface area contributed by atoms with Gasteiger partial charge in [0.05, 0.1) is 50.8 Å². The van der Waals surface area contributed by atoms with Gasteiger partial charge in [0.15, 0.2) is 25.2 Å². The van der Waals surface area contributed by atoms with Crippen LogP contribution in [0, 0.1) is 0 Å². The number of aliphatic carboxylic acids is 4. The molecule has 4 fully saturated rings. The average Bonchev–Trinajstić information content (AvgIpc) is 0.799. The predicted octanol–water partition coefficient (Wildman–Crippen LogP) is -7.52. The Balaban J connectivity index is 0.000000654. The van der Waals surface area contributed by atoms with Crippen LogP contribution in [0.25, 0.3) is 0 Å². The van der Waals surface area contributed by atoms with Crippen LogP contribution in [-0.4, -0.2) is 396 Å². The van der Waals surface area contributed by atoms with E-state index in [1.165, 1.54) is 0 Å². The Morgan fingerprint density at radius 1 is 0.374 bits per heavy atom. The molecule has 0 aliphatic carbocycles. The van der Waals surface area contributed by atoms with Gasteiger partial charge in [-0.2, -0.15) is 0 Å². The highest BCUT2D eigenvalue weighted by Gasteiger charge is 2.53. The van der Waals surface area contributed by atoms with Gasteiger partial charge in [0.1, 0.15) is 137 Å². The van der Waals surface area contributed by atoms with Crippen molar-refractivity contribution in [2.75, 3.05) is 107 Å². The van der Waals surface area contributed by atoms with Gasteiger partial charge in [-0.05, 0) is 81.2 Å². The monoisotopic (exact) mass is 1620 g/mol. The number of carbonyl (C=O) groups is 6. The second-order valence-corrected chi connectivity index (χ2v) is 33.0. The maximum Gasteiger partial charge on any atom is 0.500 e. The number of aliphatic hydroxyl groups is 6. The van der Waals surface area contributed by atoms with E-state index in [0.29, 0.717) is 6.54 Å². The number of ether oxygens (including phenoxy) is 16. The predicted molar refractivity (Wildman–Crippen MR) is 361 cm³/mol.